The topological polar surface area (TPSA) is 62.2 Å². The van der Waals surface area contributed by atoms with Crippen molar-refractivity contribution in [2.24, 2.45) is 0 Å². The average Bonchev–Trinajstić information content (AvgIpc) is 3.21. The molecule has 2 aromatic rings. The van der Waals surface area contributed by atoms with Crippen molar-refractivity contribution in [1.29, 1.82) is 0 Å². The van der Waals surface area contributed by atoms with Gasteiger partial charge in [0.1, 0.15) is 24.2 Å². The summed E-state index contributed by atoms with van der Waals surface area (Å²) in [5.41, 5.74) is 0. The van der Waals surface area contributed by atoms with Crippen LogP contribution < -0.4 is 9.47 Å². The van der Waals surface area contributed by atoms with Crippen LogP contribution in [0.5, 0.6) is 11.5 Å². The van der Waals surface area contributed by atoms with Gasteiger partial charge >= 0.3 is 0 Å². The Bertz CT molecular complexity index is 682. The first-order valence-electron chi connectivity index (χ1n) is 8.66. The normalized spacial score (nSPS) is 16.3. The van der Waals surface area contributed by atoms with Crippen LogP contribution in [-0.2, 0) is 0 Å². The highest BCUT2D eigenvalue weighted by Gasteiger charge is 2.23. The second-order valence-corrected chi connectivity index (χ2v) is 7.16. The molecule has 0 radical (unpaired) electrons. The second-order valence-electron chi connectivity index (χ2n) is 6.21. The highest BCUT2D eigenvalue weighted by atomic mass is 32.1. The lowest BCUT2D eigenvalue weighted by Crippen LogP contribution is -2.50. The first kappa shape index (κ1) is 18.7. The van der Waals surface area contributed by atoms with Gasteiger partial charge in [-0.25, -0.2) is 0 Å². The molecule has 1 N–H and O–H groups in total. The number of aliphatic hydroxyl groups is 1. The van der Waals surface area contributed by atoms with Crippen LogP contribution in [-0.4, -0.2) is 73.4 Å². The molecule has 1 amide bonds. The molecule has 1 aromatic carbocycles. The number of nitrogens with zero attached hydrogens (tertiary/aromatic N) is 2. The fourth-order valence-electron chi connectivity index (χ4n) is 2.90. The van der Waals surface area contributed by atoms with Crippen molar-refractivity contribution in [3.05, 3.63) is 46.7 Å². The maximum atomic E-state index is 12.3. The van der Waals surface area contributed by atoms with Gasteiger partial charge < -0.3 is 19.5 Å². The Labute approximate surface area is 157 Å². The summed E-state index contributed by atoms with van der Waals surface area (Å²) in [5, 5.41) is 12.1. The number of piperazine rings is 1. The van der Waals surface area contributed by atoms with E-state index in [1.54, 1.807) is 7.11 Å². The Morgan fingerprint density at radius 2 is 1.85 bits per heavy atom. The molecule has 3 rings (SSSR count). The van der Waals surface area contributed by atoms with Crippen molar-refractivity contribution >= 4 is 17.2 Å². The van der Waals surface area contributed by atoms with E-state index in [1.807, 2.05) is 46.7 Å². The minimum atomic E-state index is -0.573. The highest BCUT2D eigenvalue weighted by molar-refractivity contribution is 7.12. The number of rotatable bonds is 7. The smallest absolute Gasteiger partial charge is 0.264 e. The molecule has 1 saturated heterocycles. The van der Waals surface area contributed by atoms with Crippen molar-refractivity contribution in [2.75, 3.05) is 46.4 Å². The van der Waals surface area contributed by atoms with Gasteiger partial charge in [0.2, 0.25) is 0 Å². The number of methoxy groups -OCH3 is 1. The second kappa shape index (κ2) is 9.02. The molecule has 1 aliphatic rings. The van der Waals surface area contributed by atoms with E-state index in [2.05, 4.69) is 4.90 Å². The van der Waals surface area contributed by atoms with Crippen LogP contribution in [0.4, 0.5) is 0 Å². The Balaban J connectivity index is 1.39. The van der Waals surface area contributed by atoms with Crippen LogP contribution in [0.15, 0.2) is 41.8 Å². The van der Waals surface area contributed by atoms with Crippen LogP contribution in [0.1, 0.15) is 9.67 Å². The van der Waals surface area contributed by atoms with E-state index in [-0.39, 0.29) is 12.5 Å². The van der Waals surface area contributed by atoms with E-state index in [1.165, 1.54) is 11.3 Å². The maximum Gasteiger partial charge on any atom is 0.264 e. The summed E-state index contributed by atoms with van der Waals surface area (Å²) in [6, 6.07) is 11.0. The predicted molar refractivity (Wildman–Crippen MR) is 101 cm³/mol. The van der Waals surface area contributed by atoms with E-state index >= 15 is 0 Å². The average molecular weight is 376 g/mol. The minimum Gasteiger partial charge on any atom is -0.497 e. The van der Waals surface area contributed by atoms with E-state index in [4.69, 9.17) is 9.47 Å². The summed E-state index contributed by atoms with van der Waals surface area (Å²) in [6.07, 6.45) is -0.573. The fraction of sp³-hybridized carbons (Fsp3) is 0.421. The first-order valence-corrected chi connectivity index (χ1v) is 9.53. The Morgan fingerprint density at radius 3 is 2.46 bits per heavy atom. The minimum absolute atomic E-state index is 0.100. The third-order valence-electron chi connectivity index (χ3n) is 4.36. The zero-order chi connectivity index (χ0) is 18.4. The summed E-state index contributed by atoms with van der Waals surface area (Å²) in [4.78, 5) is 17.2. The molecule has 1 aliphatic heterocycles. The number of hydrogen-bond acceptors (Lipinski definition) is 6. The molecular formula is C19H24N2O4S. The van der Waals surface area contributed by atoms with Gasteiger partial charge in [0, 0.05) is 32.7 Å². The van der Waals surface area contributed by atoms with E-state index in [0.717, 1.165) is 23.7 Å². The monoisotopic (exact) mass is 376 g/mol. The number of hydrogen-bond donors (Lipinski definition) is 1. The molecule has 1 atom stereocenters. The quantitative estimate of drug-likeness (QED) is 0.800. The molecule has 6 nitrogen and oxygen atoms in total. The largest absolute Gasteiger partial charge is 0.497 e. The molecule has 26 heavy (non-hydrogen) atoms. The molecule has 7 heteroatoms. The number of benzene rings is 1. The number of carbonyl (C=O) groups excluding carboxylic acids is 1. The van der Waals surface area contributed by atoms with E-state index in [0.29, 0.717) is 25.4 Å². The van der Waals surface area contributed by atoms with Crippen molar-refractivity contribution < 1.29 is 19.4 Å². The van der Waals surface area contributed by atoms with Gasteiger partial charge in [-0.1, -0.05) is 6.07 Å². The van der Waals surface area contributed by atoms with Crippen LogP contribution >= 0.6 is 11.3 Å². The van der Waals surface area contributed by atoms with Gasteiger partial charge in [-0.2, -0.15) is 0 Å². The molecule has 140 valence electrons. The van der Waals surface area contributed by atoms with Crippen molar-refractivity contribution in [3.8, 4) is 11.5 Å². The number of ether oxygens (including phenoxy) is 2. The lowest BCUT2D eigenvalue weighted by atomic mass is 10.2. The third-order valence-corrected chi connectivity index (χ3v) is 5.22. The molecule has 0 saturated carbocycles. The van der Waals surface area contributed by atoms with Crippen molar-refractivity contribution in [3.63, 3.8) is 0 Å². The molecule has 0 bridgehead atoms. The number of β-amino-alcohol motifs (C(OH)–C–C–N with tert-alkyl or cyclic N) is 1. The fourth-order valence-corrected chi connectivity index (χ4v) is 3.60. The van der Waals surface area contributed by atoms with E-state index in [9.17, 15) is 9.90 Å². The predicted octanol–water partition coefficient (Wildman–Crippen LogP) is 1.95. The Morgan fingerprint density at radius 1 is 1.15 bits per heavy atom. The van der Waals surface area contributed by atoms with Crippen LogP contribution in [0, 0.1) is 0 Å². The summed E-state index contributed by atoms with van der Waals surface area (Å²) < 4.78 is 10.7. The van der Waals surface area contributed by atoms with Gasteiger partial charge in [-0.05, 0) is 35.7 Å². The van der Waals surface area contributed by atoms with Crippen LogP contribution in [0.3, 0.4) is 0 Å². The Hall–Kier alpha value is -2.09. The van der Waals surface area contributed by atoms with Gasteiger partial charge in [-0.15, -0.1) is 11.3 Å². The Kier molecular flexibility index (Phi) is 6.49. The number of aliphatic hydroxyl groups excluding tert-OH is 1. The molecule has 0 aliphatic carbocycles. The third kappa shape index (κ3) is 4.97. The van der Waals surface area contributed by atoms with Crippen molar-refractivity contribution in [2.45, 2.75) is 6.10 Å². The lowest BCUT2D eigenvalue weighted by Gasteiger charge is -2.35. The van der Waals surface area contributed by atoms with Crippen molar-refractivity contribution in [1.82, 2.24) is 9.80 Å². The molecule has 2 heterocycles. The lowest BCUT2D eigenvalue weighted by molar-refractivity contribution is 0.0406. The summed E-state index contributed by atoms with van der Waals surface area (Å²) >= 11 is 1.47. The van der Waals surface area contributed by atoms with Crippen LogP contribution in [0.25, 0.3) is 0 Å². The molecule has 0 spiro atoms. The number of carbonyl (C=O) groups is 1. The maximum absolute atomic E-state index is 12.3. The van der Waals surface area contributed by atoms with Gasteiger partial charge in [0.05, 0.1) is 12.0 Å². The molecular weight excluding hydrogens is 352 g/mol. The van der Waals surface area contributed by atoms with Gasteiger partial charge in [0.15, 0.2) is 0 Å². The highest BCUT2D eigenvalue weighted by Crippen LogP contribution is 2.17. The molecule has 1 fully saturated rings. The molecule has 1 aromatic heterocycles. The number of thiophene rings is 1. The zero-order valence-electron chi connectivity index (χ0n) is 14.8. The molecule has 1 unspecified atom stereocenters. The standard InChI is InChI=1S/C19H24N2O4S/c1-24-16-4-6-17(7-5-16)25-14-15(22)13-20-8-10-21(11-9-20)19(23)18-3-2-12-26-18/h2-7,12,15,22H,8-11,13-14H2,1H3. The van der Waals surface area contributed by atoms with Gasteiger partial charge in [0.25, 0.3) is 5.91 Å². The number of amides is 1. The first-order chi connectivity index (χ1) is 12.7. The van der Waals surface area contributed by atoms with Gasteiger partial charge in [-0.3, -0.25) is 9.69 Å². The van der Waals surface area contributed by atoms with Crippen LogP contribution in [0.2, 0.25) is 0 Å². The summed E-state index contributed by atoms with van der Waals surface area (Å²) in [7, 11) is 1.62. The summed E-state index contributed by atoms with van der Waals surface area (Å²) in [6.45, 7) is 3.66. The summed E-state index contributed by atoms with van der Waals surface area (Å²) in [5.74, 6) is 1.58. The van der Waals surface area contributed by atoms with E-state index < -0.39 is 6.10 Å². The SMILES string of the molecule is COc1ccc(OCC(O)CN2CCN(C(=O)c3cccs3)CC2)cc1. The zero-order valence-corrected chi connectivity index (χ0v) is 15.7.